The minimum Gasteiger partial charge on any atom is -0.454 e. The molecule has 0 aliphatic carbocycles. The van der Waals surface area contributed by atoms with E-state index < -0.39 is 0 Å². The average molecular weight is 608 g/mol. The monoisotopic (exact) mass is 607 g/mol. The third-order valence-corrected chi connectivity index (χ3v) is 8.31. The van der Waals surface area contributed by atoms with Gasteiger partial charge in [0.25, 0.3) is 0 Å². The molecular weight excluding hydrogens is 578 g/mol. The van der Waals surface area contributed by atoms with Crippen LogP contribution in [-0.2, 0) is 0 Å². The predicted molar refractivity (Wildman–Crippen MR) is 192 cm³/mol. The van der Waals surface area contributed by atoms with Crippen molar-refractivity contribution in [3.63, 3.8) is 0 Å². The maximum Gasteiger partial charge on any atom is 0.161 e. The molecule has 6 heteroatoms. The lowest BCUT2D eigenvalue weighted by molar-refractivity contribution is 0.661. The molecule has 0 unspecified atom stereocenters. The van der Waals surface area contributed by atoms with Crippen molar-refractivity contribution in [3.05, 3.63) is 169 Å². The molecule has 0 amide bonds. The van der Waals surface area contributed by atoms with Gasteiger partial charge < -0.3 is 4.42 Å². The van der Waals surface area contributed by atoms with Crippen molar-refractivity contribution >= 4 is 50.2 Å². The highest BCUT2D eigenvalue weighted by Crippen LogP contribution is 2.40. The molecule has 0 spiro atoms. The highest BCUT2D eigenvalue weighted by Gasteiger charge is 2.20. The van der Waals surface area contributed by atoms with Gasteiger partial charge in [0, 0.05) is 27.6 Å². The van der Waals surface area contributed by atoms with Crippen molar-refractivity contribution in [2.45, 2.75) is 6.92 Å². The van der Waals surface area contributed by atoms with E-state index in [2.05, 4.69) is 53.3 Å². The van der Waals surface area contributed by atoms with E-state index >= 15 is 0 Å². The molecule has 0 atom stereocenters. The fourth-order valence-electron chi connectivity index (χ4n) is 5.98. The van der Waals surface area contributed by atoms with Crippen LogP contribution in [0.25, 0.3) is 55.5 Å². The van der Waals surface area contributed by atoms with Crippen molar-refractivity contribution in [1.82, 2.24) is 15.0 Å². The lowest BCUT2D eigenvalue weighted by Gasteiger charge is -2.09. The largest absolute Gasteiger partial charge is 0.454 e. The molecule has 2 heterocycles. The molecule has 8 aromatic rings. The third-order valence-electron chi connectivity index (χ3n) is 8.31. The number of aliphatic imine (C=N–C) groups is 2. The van der Waals surface area contributed by atoms with Gasteiger partial charge in [-0.15, -0.1) is 5.10 Å². The van der Waals surface area contributed by atoms with E-state index in [1.807, 2.05) is 121 Å². The van der Waals surface area contributed by atoms with Crippen LogP contribution in [0.5, 0.6) is 0 Å². The molecule has 0 bridgehead atoms. The Labute approximate surface area is 271 Å². The number of fused-ring (bicyclic) bond motifs is 4. The van der Waals surface area contributed by atoms with Gasteiger partial charge in [-0.1, -0.05) is 127 Å². The molecule has 8 rings (SSSR count). The van der Waals surface area contributed by atoms with Crippen molar-refractivity contribution in [3.8, 4) is 16.8 Å². The Balaban J connectivity index is 1.35. The fraction of sp³-hybridized carbons (Fsp3) is 0.0244. The van der Waals surface area contributed by atoms with E-state index in [1.165, 1.54) is 0 Å². The number of aromatic nitrogens is 3. The normalized spacial score (nSPS) is 12.3. The summed E-state index contributed by atoms with van der Waals surface area (Å²) in [6, 6.07) is 48.7. The molecule has 47 heavy (non-hydrogen) atoms. The second-order valence-corrected chi connectivity index (χ2v) is 11.3. The van der Waals surface area contributed by atoms with Crippen LogP contribution in [0.4, 0.5) is 0 Å². The lowest BCUT2D eigenvalue weighted by atomic mass is 9.99. The highest BCUT2D eigenvalue weighted by molar-refractivity contribution is 6.16. The Kier molecular flexibility index (Phi) is 7.08. The topological polar surface area (TPSA) is 68.6 Å². The number of hydrogen-bond donors (Lipinski definition) is 0. The molecule has 0 aliphatic heterocycles. The molecule has 0 radical (unpaired) electrons. The second-order valence-electron chi connectivity index (χ2n) is 11.3. The average Bonchev–Trinajstić information content (AvgIpc) is 3.74. The molecule has 2 aromatic heterocycles. The zero-order valence-corrected chi connectivity index (χ0v) is 25.7. The molecular formula is C41H29N5O. The van der Waals surface area contributed by atoms with Gasteiger partial charge in [0.1, 0.15) is 16.8 Å². The van der Waals surface area contributed by atoms with Crippen molar-refractivity contribution in [1.29, 1.82) is 0 Å². The fourth-order valence-corrected chi connectivity index (χ4v) is 5.98. The van der Waals surface area contributed by atoms with E-state index in [-0.39, 0.29) is 0 Å². The van der Waals surface area contributed by atoms with Crippen LogP contribution in [0, 0.1) is 0 Å². The number of benzene rings is 6. The van der Waals surface area contributed by atoms with Crippen molar-refractivity contribution < 1.29 is 4.42 Å². The Morgan fingerprint density at radius 1 is 0.681 bits per heavy atom. The lowest BCUT2D eigenvalue weighted by Crippen LogP contribution is -2.04. The number of amidine groups is 1. The predicted octanol–water partition coefficient (Wildman–Crippen LogP) is 9.91. The molecule has 0 N–H and O–H groups in total. The van der Waals surface area contributed by atoms with Crippen LogP contribution < -0.4 is 0 Å². The Hall–Kier alpha value is -6.40. The first-order valence-electron chi connectivity index (χ1n) is 15.4. The highest BCUT2D eigenvalue weighted by atomic mass is 16.3. The summed E-state index contributed by atoms with van der Waals surface area (Å²) < 4.78 is 8.50. The van der Waals surface area contributed by atoms with Gasteiger partial charge >= 0.3 is 0 Å². The van der Waals surface area contributed by atoms with E-state index in [0.717, 1.165) is 66.6 Å². The first-order valence-corrected chi connectivity index (χ1v) is 15.4. The van der Waals surface area contributed by atoms with Crippen molar-refractivity contribution in [2.75, 3.05) is 0 Å². The molecule has 0 saturated heterocycles. The van der Waals surface area contributed by atoms with Gasteiger partial charge in [-0.25, -0.2) is 14.7 Å². The minimum atomic E-state index is 0.583. The Morgan fingerprint density at radius 2 is 1.36 bits per heavy atom. The summed E-state index contributed by atoms with van der Waals surface area (Å²) in [4.78, 5) is 10.1. The third kappa shape index (κ3) is 5.22. The standard InChI is InChI=1S/C41H29N5O/c1-27(29-15-6-3-7-16-29)42-41(31-19-10-5-11-20-31)43-28(2)33-21-14-24-38-39(33)34-25-32(30-17-8-4-9-18-30)26-37(40(34)47-38)46-36-23-13-12-22-35(36)44-45-46/h3-26H,2H2,1H3. The SMILES string of the molecule is C=C(N=C(N=C(C)c1ccccc1)c1ccccc1)c1cccc2oc3c(-n4nnc5ccccc54)cc(-c4ccccc4)cc3c12. The van der Waals surface area contributed by atoms with Gasteiger partial charge in [0.05, 0.1) is 11.2 Å². The quantitative estimate of drug-likeness (QED) is 0.140. The van der Waals surface area contributed by atoms with E-state index in [9.17, 15) is 0 Å². The molecule has 0 fully saturated rings. The van der Waals surface area contributed by atoms with E-state index in [4.69, 9.17) is 14.4 Å². The number of hydrogen-bond acceptors (Lipinski definition) is 4. The van der Waals surface area contributed by atoms with Crippen LogP contribution in [0.3, 0.4) is 0 Å². The summed E-state index contributed by atoms with van der Waals surface area (Å²) in [6.45, 7) is 6.48. The number of furan rings is 1. The van der Waals surface area contributed by atoms with Gasteiger partial charge in [0.15, 0.2) is 11.4 Å². The van der Waals surface area contributed by atoms with E-state index in [0.29, 0.717) is 17.1 Å². The molecule has 224 valence electrons. The maximum absolute atomic E-state index is 6.64. The summed E-state index contributed by atoms with van der Waals surface area (Å²) in [5.41, 5.74) is 10.3. The molecule has 0 saturated carbocycles. The maximum atomic E-state index is 6.64. The smallest absolute Gasteiger partial charge is 0.161 e. The summed E-state index contributed by atoms with van der Waals surface area (Å²) in [7, 11) is 0. The molecule has 6 aromatic carbocycles. The second kappa shape index (κ2) is 11.8. The summed E-state index contributed by atoms with van der Waals surface area (Å²) in [5.74, 6) is 0.585. The first kappa shape index (κ1) is 28.1. The van der Waals surface area contributed by atoms with Crippen molar-refractivity contribution in [2.24, 2.45) is 9.98 Å². The van der Waals surface area contributed by atoms with E-state index in [1.54, 1.807) is 0 Å². The zero-order valence-electron chi connectivity index (χ0n) is 25.7. The minimum absolute atomic E-state index is 0.583. The summed E-state index contributed by atoms with van der Waals surface area (Å²) in [5, 5.41) is 10.9. The van der Waals surface area contributed by atoms with Crippen LogP contribution >= 0.6 is 0 Å². The van der Waals surface area contributed by atoms with Crippen LogP contribution in [0.2, 0.25) is 0 Å². The van der Waals surface area contributed by atoms with Crippen LogP contribution in [0.1, 0.15) is 23.6 Å². The van der Waals surface area contributed by atoms with Gasteiger partial charge in [-0.2, -0.15) is 0 Å². The number of para-hydroxylation sites is 1. The molecule has 0 aliphatic rings. The first-order chi connectivity index (χ1) is 23.1. The summed E-state index contributed by atoms with van der Waals surface area (Å²) >= 11 is 0. The zero-order chi connectivity index (χ0) is 31.7. The summed E-state index contributed by atoms with van der Waals surface area (Å²) in [6.07, 6.45) is 0. The van der Waals surface area contributed by atoms with Crippen LogP contribution in [0.15, 0.2) is 167 Å². The van der Waals surface area contributed by atoms with Gasteiger partial charge in [-0.05, 0) is 53.9 Å². The number of rotatable bonds is 6. The number of nitrogens with zero attached hydrogens (tertiary/aromatic N) is 5. The van der Waals surface area contributed by atoms with Crippen LogP contribution in [-0.4, -0.2) is 26.5 Å². The Morgan fingerprint density at radius 3 is 2.13 bits per heavy atom. The Bertz CT molecular complexity index is 2470. The molecule has 6 nitrogen and oxygen atoms in total. The van der Waals surface area contributed by atoms with Gasteiger partial charge in [-0.3, -0.25) is 0 Å². The van der Waals surface area contributed by atoms with Gasteiger partial charge in [0.2, 0.25) is 0 Å².